The summed E-state index contributed by atoms with van der Waals surface area (Å²) in [7, 11) is 0. The van der Waals surface area contributed by atoms with E-state index in [0.717, 1.165) is 30.4 Å². The molecule has 0 aliphatic rings. The first-order chi connectivity index (χ1) is 17.0. The number of esters is 5. The van der Waals surface area contributed by atoms with Crippen molar-refractivity contribution in [2.45, 2.75) is 6.92 Å². The molecule has 0 spiro atoms. The number of ether oxygens (including phenoxy) is 6. The summed E-state index contributed by atoms with van der Waals surface area (Å²) in [6, 6.07) is 0. The normalized spacial score (nSPS) is 10.7. The molecule has 198 valence electrons. The first kappa shape index (κ1) is 32.0. The predicted octanol–water partition coefficient (Wildman–Crippen LogP) is 1.64. The molecule has 0 atom stereocenters. The lowest BCUT2D eigenvalue weighted by Crippen LogP contribution is -2.45. The minimum absolute atomic E-state index is 0.149. The van der Waals surface area contributed by atoms with Crippen LogP contribution in [-0.2, 0) is 52.4 Å². The van der Waals surface area contributed by atoms with Gasteiger partial charge < -0.3 is 28.4 Å². The summed E-state index contributed by atoms with van der Waals surface area (Å²) in [6.07, 6.45) is 4.72. The average molecular weight is 509 g/mol. The van der Waals surface area contributed by atoms with Gasteiger partial charge in [0.2, 0.25) is 0 Å². The second-order valence-electron chi connectivity index (χ2n) is 7.86. The number of rotatable bonds is 19. The van der Waals surface area contributed by atoms with E-state index in [9.17, 15) is 24.0 Å². The smallest absolute Gasteiger partial charge is 0.330 e. The van der Waals surface area contributed by atoms with Crippen molar-refractivity contribution < 1.29 is 52.4 Å². The number of hydrogen-bond donors (Lipinski definition) is 0. The topological polar surface area (TPSA) is 141 Å². The third-order valence-electron chi connectivity index (χ3n) is 4.38. The molecule has 11 heteroatoms. The van der Waals surface area contributed by atoms with Gasteiger partial charge in [-0.2, -0.15) is 0 Å². The van der Waals surface area contributed by atoms with E-state index in [4.69, 9.17) is 28.4 Å². The Morgan fingerprint density at radius 2 is 0.778 bits per heavy atom. The molecule has 0 heterocycles. The molecule has 0 amide bonds. The van der Waals surface area contributed by atoms with Crippen molar-refractivity contribution in [1.29, 1.82) is 0 Å². The van der Waals surface area contributed by atoms with Gasteiger partial charge in [-0.15, -0.1) is 0 Å². The molecule has 11 nitrogen and oxygen atoms in total. The van der Waals surface area contributed by atoms with E-state index < -0.39 is 40.7 Å². The minimum atomic E-state index is -1.35. The molecule has 0 aromatic carbocycles. The van der Waals surface area contributed by atoms with Crippen LogP contribution in [0, 0.1) is 10.8 Å². The summed E-state index contributed by atoms with van der Waals surface area (Å²) in [4.78, 5) is 58.2. The highest BCUT2D eigenvalue weighted by Crippen LogP contribution is 2.25. The Morgan fingerprint density at radius 3 is 1.06 bits per heavy atom. The minimum Gasteiger partial charge on any atom is -0.462 e. The van der Waals surface area contributed by atoms with Gasteiger partial charge in [-0.1, -0.05) is 39.8 Å². The Morgan fingerprint density at radius 1 is 0.500 bits per heavy atom. The Labute approximate surface area is 210 Å². The van der Waals surface area contributed by atoms with Crippen LogP contribution >= 0.6 is 0 Å². The molecule has 36 heavy (non-hydrogen) atoms. The summed E-state index contributed by atoms with van der Waals surface area (Å²) in [5, 5.41) is 0. The lowest BCUT2D eigenvalue weighted by Gasteiger charge is -2.34. The Kier molecular flexibility index (Phi) is 14.8. The van der Waals surface area contributed by atoms with E-state index >= 15 is 0 Å². The molecule has 0 aromatic heterocycles. The second kappa shape index (κ2) is 16.6. The fourth-order valence-corrected chi connectivity index (χ4v) is 2.35. The van der Waals surface area contributed by atoms with Crippen molar-refractivity contribution in [2.75, 3.05) is 46.2 Å². The fraction of sp³-hybridized carbons (Fsp3) is 0.400. The van der Waals surface area contributed by atoms with Crippen LogP contribution in [-0.4, -0.2) is 76.1 Å². The highest BCUT2D eigenvalue weighted by Gasteiger charge is 2.38. The first-order valence-corrected chi connectivity index (χ1v) is 10.5. The van der Waals surface area contributed by atoms with Gasteiger partial charge in [0.25, 0.3) is 0 Å². The van der Waals surface area contributed by atoms with Gasteiger partial charge in [0.05, 0.1) is 24.0 Å². The molecule has 0 aromatic rings. The molecule has 0 radical (unpaired) electrons. The van der Waals surface area contributed by atoms with Crippen LogP contribution in [0.5, 0.6) is 0 Å². The first-order valence-electron chi connectivity index (χ1n) is 10.5. The summed E-state index contributed by atoms with van der Waals surface area (Å²) in [5.74, 6) is -3.73. The molecule has 0 fully saturated rings. The zero-order valence-corrected chi connectivity index (χ0v) is 20.4. The van der Waals surface area contributed by atoms with Gasteiger partial charge in [0.1, 0.15) is 33.0 Å². The van der Waals surface area contributed by atoms with Crippen molar-refractivity contribution in [3.05, 3.63) is 63.3 Å². The van der Waals surface area contributed by atoms with Gasteiger partial charge in [0.15, 0.2) is 0 Å². The monoisotopic (exact) mass is 508 g/mol. The molecular weight excluding hydrogens is 476 g/mol. The predicted molar refractivity (Wildman–Crippen MR) is 127 cm³/mol. The van der Waals surface area contributed by atoms with E-state index in [0.29, 0.717) is 0 Å². The van der Waals surface area contributed by atoms with E-state index in [1.165, 1.54) is 0 Å². The molecule has 0 saturated carbocycles. The molecule has 0 N–H and O–H groups in total. The van der Waals surface area contributed by atoms with Crippen molar-refractivity contribution in [3.63, 3.8) is 0 Å². The number of carbonyl (C=O) groups excluding carboxylic acids is 5. The van der Waals surface area contributed by atoms with Gasteiger partial charge in [-0.3, -0.25) is 0 Å². The average Bonchev–Trinajstić information content (AvgIpc) is 2.89. The lowest BCUT2D eigenvalue weighted by molar-refractivity contribution is -0.164. The summed E-state index contributed by atoms with van der Waals surface area (Å²) in [6.45, 7) is 16.2. The van der Waals surface area contributed by atoms with Gasteiger partial charge >= 0.3 is 29.8 Å². The fourth-order valence-electron chi connectivity index (χ4n) is 2.35. The molecule has 0 aliphatic heterocycles. The highest BCUT2D eigenvalue weighted by molar-refractivity contribution is 5.82. The lowest BCUT2D eigenvalue weighted by atomic mass is 9.91. The summed E-state index contributed by atoms with van der Waals surface area (Å²) >= 11 is 0. The molecular formula is C25H32O11. The van der Waals surface area contributed by atoms with E-state index in [1.54, 1.807) is 6.92 Å². The van der Waals surface area contributed by atoms with Crippen molar-refractivity contribution in [3.8, 4) is 0 Å². The van der Waals surface area contributed by atoms with Crippen molar-refractivity contribution >= 4 is 29.8 Å². The second-order valence-corrected chi connectivity index (χ2v) is 7.86. The van der Waals surface area contributed by atoms with Crippen LogP contribution in [0.25, 0.3) is 0 Å². The molecule has 0 saturated heterocycles. The standard InChI is InChI=1S/C25H32O11/c1-7-19(26)32-13-24(6,14-33-20(27)8-2)12-31-15-25(16-34-21(28)9-3,17-35-22(29)10-4)18-36-23(30)11-5/h7-11H,1-5,12-18H2,6H3. The van der Waals surface area contributed by atoms with E-state index in [1.807, 2.05) is 0 Å². The van der Waals surface area contributed by atoms with Crippen molar-refractivity contribution in [2.24, 2.45) is 10.8 Å². The largest absolute Gasteiger partial charge is 0.462 e. The highest BCUT2D eigenvalue weighted by atomic mass is 16.6. The van der Waals surface area contributed by atoms with Crippen LogP contribution in [0.15, 0.2) is 63.3 Å². The molecule has 0 aliphatic carbocycles. The van der Waals surface area contributed by atoms with E-state index in [2.05, 4.69) is 32.9 Å². The number of hydrogen-bond acceptors (Lipinski definition) is 11. The summed E-state index contributed by atoms with van der Waals surface area (Å²) in [5.41, 5.74) is -2.39. The Balaban J connectivity index is 5.77. The summed E-state index contributed by atoms with van der Waals surface area (Å²) < 4.78 is 31.4. The quantitative estimate of drug-likeness (QED) is 0.143. The van der Waals surface area contributed by atoms with Crippen LogP contribution < -0.4 is 0 Å². The Bertz CT molecular complexity index is 772. The maximum Gasteiger partial charge on any atom is 0.330 e. The third kappa shape index (κ3) is 13.0. The van der Waals surface area contributed by atoms with Gasteiger partial charge in [0, 0.05) is 30.4 Å². The maximum absolute atomic E-state index is 11.7. The van der Waals surface area contributed by atoms with Crippen LogP contribution in [0.3, 0.4) is 0 Å². The third-order valence-corrected chi connectivity index (χ3v) is 4.38. The SMILES string of the molecule is C=CC(=O)OCC(C)(COCC(COC(=O)C=C)(COC(=O)C=C)COC(=O)C=C)COC(=O)C=C. The van der Waals surface area contributed by atoms with Crippen LogP contribution in [0.1, 0.15) is 6.92 Å². The molecule has 0 unspecified atom stereocenters. The maximum atomic E-state index is 11.7. The van der Waals surface area contributed by atoms with Crippen LogP contribution in [0.4, 0.5) is 0 Å². The zero-order chi connectivity index (χ0) is 27.6. The van der Waals surface area contributed by atoms with Gasteiger partial charge in [-0.25, -0.2) is 24.0 Å². The van der Waals surface area contributed by atoms with Crippen LogP contribution in [0.2, 0.25) is 0 Å². The Hall–Kier alpha value is -3.99. The number of carbonyl (C=O) groups is 5. The molecule has 0 rings (SSSR count). The van der Waals surface area contributed by atoms with Crippen molar-refractivity contribution in [1.82, 2.24) is 0 Å². The zero-order valence-electron chi connectivity index (χ0n) is 20.4. The van der Waals surface area contributed by atoms with E-state index in [-0.39, 0.29) is 46.2 Å². The molecule has 0 bridgehead atoms. The van der Waals surface area contributed by atoms with Gasteiger partial charge in [-0.05, 0) is 0 Å².